The van der Waals surface area contributed by atoms with E-state index in [-0.39, 0.29) is 5.91 Å². The van der Waals surface area contributed by atoms with Gasteiger partial charge in [-0.1, -0.05) is 13.3 Å². The molecule has 136 valence electrons. The third kappa shape index (κ3) is 3.80. The molecule has 2 rings (SSSR count). The Labute approximate surface area is 144 Å². The Kier molecular flexibility index (Phi) is 6.03. The monoisotopic (exact) mass is 356 g/mol. The van der Waals surface area contributed by atoms with Crippen molar-refractivity contribution in [2.75, 3.05) is 26.2 Å². The fourth-order valence-corrected chi connectivity index (χ4v) is 5.00. The van der Waals surface area contributed by atoms with Gasteiger partial charge in [-0.2, -0.15) is 9.40 Å². The first-order chi connectivity index (χ1) is 11.3. The summed E-state index contributed by atoms with van der Waals surface area (Å²) in [6.07, 6.45) is 3.07. The zero-order valence-electron chi connectivity index (χ0n) is 15.1. The van der Waals surface area contributed by atoms with E-state index in [1.807, 2.05) is 0 Å². The highest BCUT2D eigenvalue weighted by Gasteiger charge is 2.32. The molecule has 2 heterocycles. The Morgan fingerprint density at radius 1 is 1.17 bits per heavy atom. The predicted molar refractivity (Wildman–Crippen MR) is 92.2 cm³/mol. The van der Waals surface area contributed by atoms with Gasteiger partial charge in [-0.3, -0.25) is 9.48 Å². The van der Waals surface area contributed by atoms with Crippen LogP contribution in [0.25, 0.3) is 0 Å². The van der Waals surface area contributed by atoms with E-state index in [2.05, 4.69) is 12.0 Å². The fraction of sp³-hybridized carbons (Fsp3) is 0.750. The van der Waals surface area contributed by atoms with E-state index in [1.54, 1.807) is 30.5 Å². The number of carbonyl (C=O) groups is 1. The molecule has 1 aromatic heterocycles. The predicted octanol–water partition coefficient (Wildman–Crippen LogP) is 1.45. The molecule has 7 nitrogen and oxygen atoms in total. The topological polar surface area (TPSA) is 75.5 Å². The van der Waals surface area contributed by atoms with Crippen LogP contribution in [0.5, 0.6) is 0 Å². The molecule has 0 N–H and O–H groups in total. The van der Waals surface area contributed by atoms with Gasteiger partial charge in [-0.05, 0) is 26.7 Å². The summed E-state index contributed by atoms with van der Waals surface area (Å²) in [5.74, 6) is 0.129. The van der Waals surface area contributed by atoms with E-state index in [0.29, 0.717) is 55.3 Å². The van der Waals surface area contributed by atoms with Crippen molar-refractivity contribution in [3.05, 3.63) is 11.4 Å². The summed E-state index contributed by atoms with van der Waals surface area (Å²) in [6, 6.07) is 0. The Balaban J connectivity index is 2.14. The van der Waals surface area contributed by atoms with Crippen LogP contribution in [0.4, 0.5) is 0 Å². The number of nitrogens with zero attached hydrogens (tertiary/aromatic N) is 4. The second-order valence-electron chi connectivity index (χ2n) is 6.37. The summed E-state index contributed by atoms with van der Waals surface area (Å²) >= 11 is 0. The minimum absolute atomic E-state index is 0.129. The van der Waals surface area contributed by atoms with Crippen molar-refractivity contribution in [2.24, 2.45) is 7.05 Å². The lowest BCUT2D eigenvalue weighted by atomic mass is 10.2. The van der Waals surface area contributed by atoms with Crippen LogP contribution in [-0.2, 0) is 21.9 Å². The van der Waals surface area contributed by atoms with E-state index < -0.39 is 10.0 Å². The maximum absolute atomic E-state index is 13.0. The Bertz CT molecular complexity index is 696. The number of unbranched alkanes of at least 4 members (excludes halogenated alkanes) is 1. The van der Waals surface area contributed by atoms with Crippen molar-refractivity contribution < 1.29 is 13.2 Å². The van der Waals surface area contributed by atoms with Crippen LogP contribution in [-0.4, -0.2) is 59.5 Å². The molecule has 0 aliphatic carbocycles. The van der Waals surface area contributed by atoms with E-state index in [0.717, 1.165) is 12.8 Å². The highest BCUT2D eigenvalue weighted by Crippen LogP contribution is 2.24. The van der Waals surface area contributed by atoms with Crippen molar-refractivity contribution in [2.45, 2.75) is 51.3 Å². The minimum Gasteiger partial charge on any atom is -0.341 e. The molecule has 1 amide bonds. The SMILES string of the molecule is CCCCC(=O)N1CCCN(S(=O)(=O)c2c(C)nn(C)c2C)CC1. The lowest BCUT2D eigenvalue weighted by Gasteiger charge is -2.22. The van der Waals surface area contributed by atoms with Gasteiger partial charge in [0, 0.05) is 39.6 Å². The largest absolute Gasteiger partial charge is 0.341 e. The number of hydrogen-bond acceptors (Lipinski definition) is 4. The molecule has 0 saturated carbocycles. The molecular weight excluding hydrogens is 328 g/mol. The first kappa shape index (κ1) is 18.9. The summed E-state index contributed by atoms with van der Waals surface area (Å²) in [5, 5.41) is 4.22. The third-order valence-electron chi connectivity index (χ3n) is 4.59. The average Bonchev–Trinajstić information content (AvgIpc) is 2.72. The highest BCUT2D eigenvalue weighted by atomic mass is 32.2. The zero-order valence-corrected chi connectivity index (χ0v) is 15.9. The van der Waals surface area contributed by atoms with Crippen LogP contribution in [0.1, 0.15) is 44.0 Å². The van der Waals surface area contributed by atoms with Gasteiger partial charge in [0.2, 0.25) is 15.9 Å². The molecule has 8 heteroatoms. The molecule has 0 atom stereocenters. The van der Waals surface area contributed by atoms with E-state index in [4.69, 9.17) is 0 Å². The van der Waals surface area contributed by atoms with E-state index in [9.17, 15) is 13.2 Å². The van der Waals surface area contributed by atoms with Crippen LogP contribution in [0.2, 0.25) is 0 Å². The molecule has 0 radical (unpaired) electrons. The zero-order chi connectivity index (χ0) is 17.9. The lowest BCUT2D eigenvalue weighted by molar-refractivity contribution is -0.131. The molecule has 1 aromatic rings. The van der Waals surface area contributed by atoms with Gasteiger partial charge in [-0.25, -0.2) is 8.42 Å². The number of hydrogen-bond donors (Lipinski definition) is 0. The molecule has 1 saturated heterocycles. The second-order valence-corrected chi connectivity index (χ2v) is 8.24. The first-order valence-electron chi connectivity index (χ1n) is 8.57. The molecule has 24 heavy (non-hydrogen) atoms. The van der Waals surface area contributed by atoms with Crippen LogP contribution in [0, 0.1) is 13.8 Å². The van der Waals surface area contributed by atoms with Crippen molar-refractivity contribution >= 4 is 15.9 Å². The average molecular weight is 356 g/mol. The number of aromatic nitrogens is 2. The van der Waals surface area contributed by atoms with Crippen LogP contribution < -0.4 is 0 Å². The van der Waals surface area contributed by atoms with Gasteiger partial charge in [0.05, 0.1) is 11.4 Å². The molecule has 1 aliphatic heterocycles. The second kappa shape index (κ2) is 7.65. The Hall–Kier alpha value is -1.41. The highest BCUT2D eigenvalue weighted by molar-refractivity contribution is 7.89. The fourth-order valence-electron chi connectivity index (χ4n) is 3.13. The normalized spacial score (nSPS) is 17.1. The molecular formula is C16H28N4O3S. The number of sulfonamides is 1. The molecule has 0 bridgehead atoms. The molecule has 1 fully saturated rings. The molecule has 0 aromatic carbocycles. The molecule has 0 spiro atoms. The van der Waals surface area contributed by atoms with Gasteiger partial charge in [-0.15, -0.1) is 0 Å². The number of rotatable bonds is 5. The van der Waals surface area contributed by atoms with Gasteiger partial charge < -0.3 is 4.90 Å². The molecule has 0 unspecified atom stereocenters. The number of carbonyl (C=O) groups excluding carboxylic acids is 1. The van der Waals surface area contributed by atoms with Crippen molar-refractivity contribution in [3.63, 3.8) is 0 Å². The summed E-state index contributed by atoms with van der Waals surface area (Å²) in [7, 11) is -1.83. The lowest BCUT2D eigenvalue weighted by Crippen LogP contribution is -2.37. The van der Waals surface area contributed by atoms with E-state index >= 15 is 0 Å². The summed E-state index contributed by atoms with van der Waals surface area (Å²) in [4.78, 5) is 14.3. The molecule has 1 aliphatic rings. The maximum Gasteiger partial charge on any atom is 0.246 e. The van der Waals surface area contributed by atoms with Gasteiger partial charge in [0.25, 0.3) is 0 Å². The van der Waals surface area contributed by atoms with Gasteiger partial charge >= 0.3 is 0 Å². The van der Waals surface area contributed by atoms with Gasteiger partial charge in [0.1, 0.15) is 4.90 Å². The summed E-state index contributed by atoms with van der Waals surface area (Å²) < 4.78 is 29.1. The van der Waals surface area contributed by atoms with Crippen LogP contribution in [0.3, 0.4) is 0 Å². The maximum atomic E-state index is 13.0. The number of amides is 1. The smallest absolute Gasteiger partial charge is 0.246 e. The van der Waals surface area contributed by atoms with Crippen LogP contribution >= 0.6 is 0 Å². The summed E-state index contributed by atoms with van der Waals surface area (Å²) in [5.41, 5.74) is 1.17. The van der Waals surface area contributed by atoms with Crippen molar-refractivity contribution in [1.29, 1.82) is 0 Å². The number of aryl methyl sites for hydroxylation is 2. The van der Waals surface area contributed by atoms with Crippen molar-refractivity contribution in [3.8, 4) is 0 Å². The minimum atomic E-state index is -3.58. The van der Waals surface area contributed by atoms with Crippen molar-refractivity contribution in [1.82, 2.24) is 19.0 Å². The third-order valence-corrected chi connectivity index (χ3v) is 6.74. The first-order valence-corrected chi connectivity index (χ1v) is 10.0. The summed E-state index contributed by atoms with van der Waals surface area (Å²) in [6.45, 7) is 7.41. The van der Waals surface area contributed by atoms with Crippen LogP contribution in [0.15, 0.2) is 4.90 Å². The quantitative estimate of drug-likeness (QED) is 0.800. The Morgan fingerprint density at radius 2 is 1.88 bits per heavy atom. The standard InChI is InChI=1S/C16H28N4O3S/c1-5-6-8-15(21)19-9-7-10-20(12-11-19)24(22,23)16-13(2)17-18(4)14(16)3/h5-12H2,1-4H3. The van der Waals surface area contributed by atoms with E-state index in [1.165, 1.54) is 4.31 Å². The Morgan fingerprint density at radius 3 is 2.46 bits per heavy atom. The van der Waals surface area contributed by atoms with Gasteiger partial charge in [0.15, 0.2) is 0 Å².